The van der Waals surface area contributed by atoms with Gasteiger partial charge < -0.3 is 4.74 Å². The third kappa shape index (κ3) is 5.03. The first-order chi connectivity index (χ1) is 10.8. The van der Waals surface area contributed by atoms with Gasteiger partial charge in [0.25, 0.3) is 0 Å². The zero-order chi connectivity index (χ0) is 15.6. The lowest BCUT2D eigenvalue weighted by Crippen LogP contribution is -1.96. The number of ether oxygens (including phenoxy) is 1. The maximum atomic E-state index is 12.0. The highest BCUT2D eigenvalue weighted by molar-refractivity contribution is 5.64. The van der Waals surface area contributed by atoms with Crippen LogP contribution in [0.2, 0.25) is 0 Å². The van der Waals surface area contributed by atoms with E-state index in [0.29, 0.717) is 12.8 Å². The molecule has 0 saturated carbocycles. The van der Waals surface area contributed by atoms with Crippen LogP contribution in [0.5, 0.6) is 5.75 Å². The fourth-order valence-electron chi connectivity index (χ4n) is 2.30. The first kappa shape index (κ1) is 16.3. The van der Waals surface area contributed by atoms with E-state index in [2.05, 4.69) is 31.2 Å². The van der Waals surface area contributed by atoms with Crippen LogP contribution in [0.4, 0.5) is 4.39 Å². The van der Waals surface area contributed by atoms with Gasteiger partial charge in [-0.05, 0) is 41.7 Å². The lowest BCUT2D eigenvalue weighted by atomic mass is 10.0. The Morgan fingerprint density at radius 1 is 0.909 bits per heavy atom. The van der Waals surface area contributed by atoms with Crippen molar-refractivity contribution < 1.29 is 9.13 Å². The van der Waals surface area contributed by atoms with E-state index in [9.17, 15) is 4.39 Å². The summed E-state index contributed by atoms with van der Waals surface area (Å²) in [4.78, 5) is 0. The maximum Gasteiger partial charge on any atom is 0.119 e. The van der Waals surface area contributed by atoms with Crippen LogP contribution in [0.15, 0.2) is 60.9 Å². The van der Waals surface area contributed by atoms with Gasteiger partial charge in [0.05, 0.1) is 12.9 Å². The van der Waals surface area contributed by atoms with E-state index in [1.54, 1.807) is 0 Å². The van der Waals surface area contributed by atoms with E-state index < -0.39 is 0 Å². The number of unbranched alkanes of at least 4 members (excludes halogenated alkanes) is 2. The molecule has 116 valence electrons. The Morgan fingerprint density at radius 3 is 2.14 bits per heavy atom. The minimum Gasteiger partial charge on any atom is -0.494 e. The number of hydrogen-bond acceptors (Lipinski definition) is 1. The van der Waals surface area contributed by atoms with Crippen LogP contribution >= 0.6 is 0 Å². The molecule has 0 radical (unpaired) electrons. The van der Waals surface area contributed by atoms with Gasteiger partial charge in [0.15, 0.2) is 0 Å². The zero-order valence-electron chi connectivity index (χ0n) is 13.1. The van der Waals surface area contributed by atoms with Crippen LogP contribution in [-0.2, 0) is 6.42 Å². The fraction of sp³-hybridized carbons (Fsp3) is 0.300. The Morgan fingerprint density at radius 2 is 1.55 bits per heavy atom. The van der Waals surface area contributed by atoms with E-state index in [0.717, 1.165) is 35.5 Å². The Labute approximate surface area is 132 Å². The molecule has 0 aliphatic heterocycles. The quantitative estimate of drug-likeness (QED) is 0.547. The summed E-state index contributed by atoms with van der Waals surface area (Å²) in [7, 11) is 0. The van der Waals surface area contributed by atoms with Crippen molar-refractivity contribution in [3.05, 3.63) is 66.5 Å². The van der Waals surface area contributed by atoms with Crippen molar-refractivity contribution in [3.8, 4) is 16.9 Å². The molecule has 2 aromatic carbocycles. The number of allylic oxidation sites excluding steroid dienone is 1. The Bertz CT molecular complexity index is 570. The molecule has 0 aromatic heterocycles. The van der Waals surface area contributed by atoms with Crippen LogP contribution in [-0.4, -0.2) is 6.61 Å². The molecule has 0 amide bonds. The topological polar surface area (TPSA) is 9.23 Å². The van der Waals surface area contributed by atoms with Crippen molar-refractivity contribution in [3.63, 3.8) is 0 Å². The lowest BCUT2D eigenvalue weighted by Gasteiger charge is -2.07. The molecule has 2 rings (SSSR count). The summed E-state index contributed by atoms with van der Waals surface area (Å²) in [5.74, 6) is 0.921. The average molecular weight is 298 g/mol. The molecule has 0 bridgehead atoms. The average Bonchev–Trinajstić information content (AvgIpc) is 2.58. The molecule has 0 unspecified atom stereocenters. The summed E-state index contributed by atoms with van der Waals surface area (Å²) in [6, 6.07) is 16.4. The molecule has 0 aliphatic carbocycles. The van der Waals surface area contributed by atoms with Gasteiger partial charge in [-0.3, -0.25) is 0 Å². The molecule has 0 N–H and O–H groups in total. The largest absolute Gasteiger partial charge is 0.494 e. The number of halogens is 1. The van der Waals surface area contributed by atoms with Crippen LogP contribution in [0.3, 0.4) is 0 Å². The van der Waals surface area contributed by atoms with Crippen LogP contribution in [0, 0.1) is 0 Å². The second-order valence-corrected chi connectivity index (χ2v) is 5.34. The van der Waals surface area contributed by atoms with Crippen molar-refractivity contribution in [1.82, 2.24) is 0 Å². The standard InChI is InChI=1S/C20H23FO/c1-2-3-4-16-22-20-13-11-19(12-14-20)18-9-7-17(8-10-18)6-5-15-21/h5,7-15H,2-4,6,16H2,1H3. The SMILES string of the molecule is CCCCCOc1ccc(-c2ccc(CC=CF)cc2)cc1. The minimum atomic E-state index is 0.590. The van der Waals surface area contributed by atoms with Gasteiger partial charge in [-0.2, -0.15) is 0 Å². The molecule has 0 saturated heterocycles. The van der Waals surface area contributed by atoms with Crippen LogP contribution < -0.4 is 4.74 Å². The Hall–Kier alpha value is -2.09. The van der Waals surface area contributed by atoms with Crippen molar-refractivity contribution >= 4 is 0 Å². The molecular weight excluding hydrogens is 275 g/mol. The van der Waals surface area contributed by atoms with E-state index in [1.807, 2.05) is 24.3 Å². The van der Waals surface area contributed by atoms with Gasteiger partial charge in [0.1, 0.15) is 5.75 Å². The fourth-order valence-corrected chi connectivity index (χ4v) is 2.30. The van der Waals surface area contributed by atoms with E-state index in [1.165, 1.54) is 18.9 Å². The minimum absolute atomic E-state index is 0.590. The number of hydrogen-bond donors (Lipinski definition) is 0. The molecule has 0 spiro atoms. The first-order valence-corrected chi connectivity index (χ1v) is 7.91. The Balaban J connectivity index is 1.94. The summed E-state index contributed by atoms with van der Waals surface area (Å²) in [6.45, 7) is 2.97. The number of benzene rings is 2. The predicted octanol–water partition coefficient (Wildman–Crippen LogP) is 5.95. The highest BCUT2D eigenvalue weighted by Crippen LogP contribution is 2.23. The van der Waals surface area contributed by atoms with Crippen LogP contribution in [0.1, 0.15) is 31.7 Å². The maximum absolute atomic E-state index is 12.0. The third-order valence-corrected chi connectivity index (χ3v) is 3.60. The lowest BCUT2D eigenvalue weighted by molar-refractivity contribution is 0.306. The zero-order valence-corrected chi connectivity index (χ0v) is 13.1. The molecule has 22 heavy (non-hydrogen) atoms. The molecule has 1 nitrogen and oxygen atoms in total. The molecule has 0 aliphatic rings. The second-order valence-electron chi connectivity index (χ2n) is 5.34. The van der Waals surface area contributed by atoms with Crippen molar-refractivity contribution in [2.24, 2.45) is 0 Å². The van der Waals surface area contributed by atoms with E-state index in [4.69, 9.17) is 4.74 Å². The van der Waals surface area contributed by atoms with Gasteiger partial charge >= 0.3 is 0 Å². The van der Waals surface area contributed by atoms with Crippen molar-refractivity contribution in [2.45, 2.75) is 32.6 Å². The molecule has 2 heteroatoms. The van der Waals surface area contributed by atoms with Gasteiger partial charge in [-0.15, -0.1) is 0 Å². The molecule has 0 atom stereocenters. The molecule has 2 aromatic rings. The molecule has 0 heterocycles. The van der Waals surface area contributed by atoms with E-state index >= 15 is 0 Å². The van der Waals surface area contributed by atoms with Gasteiger partial charge in [-0.25, -0.2) is 4.39 Å². The summed E-state index contributed by atoms with van der Waals surface area (Å²) >= 11 is 0. The van der Waals surface area contributed by atoms with Gasteiger partial charge in [0, 0.05) is 0 Å². The Kier molecular flexibility index (Phi) is 6.69. The number of rotatable bonds is 8. The second kappa shape index (κ2) is 9.04. The summed E-state index contributed by atoms with van der Waals surface area (Å²) in [5.41, 5.74) is 3.42. The smallest absolute Gasteiger partial charge is 0.119 e. The highest BCUT2D eigenvalue weighted by atomic mass is 19.1. The normalized spacial score (nSPS) is 11.0. The summed E-state index contributed by atoms with van der Waals surface area (Å²) < 4.78 is 17.7. The monoisotopic (exact) mass is 298 g/mol. The molecule has 0 fully saturated rings. The molecular formula is C20H23FO. The van der Waals surface area contributed by atoms with Gasteiger partial charge in [0.2, 0.25) is 0 Å². The van der Waals surface area contributed by atoms with Gasteiger partial charge in [-0.1, -0.05) is 62.2 Å². The van der Waals surface area contributed by atoms with Crippen molar-refractivity contribution in [2.75, 3.05) is 6.61 Å². The van der Waals surface area contributed by atoms with E-state index in [-0.39, 0.29) is 0 Å². The van der Waals surface area contributed by atoms with Crippen LogP contribution in [0.25, 0.3) is 11.1 Å². The highest BCUT2D eigenvalue weighted by Gasteiger charge is 1.99. The first-order valence-electron chi connectivity index (χ1n) is 7.91. The summed E-state index contributed by atoms with van der Waals surface area (Å²) in [5, 5.41) is 0. The van der Waals surface area contributed by atoms with Crippen molar-refractivity contribution in [1.29, 1.82) is 0 Å². The predicted molar refractivity (Wildman–Crippen MR) is 90.9 cm³/mol. The summed E-state index contributed by atoms with van der Waals surface area (Å²) in [6.07, 6.45) is 6.25. The third-order valence-electron chi connectivity index (χ3n) is 3.60.